The number of benzene rings is 2. The fourth-order valence-electron chi connectivity index (χ4n) is 2.55. The number of methoxy groups -OCH3 is 1. The van der Waals surface area contributed by atoms with E-state index in [1.54, 1.807) is 30.0 Å². The minimum atomic E-state index is -0.174. The molecule has 1 N–H and O–H groups in total. The van der Waals surface area contributed by atoms with Gasteiger partial charge in [0.15, 0.2) is 0 Å². The maximum atomic E-state index is 12.3. The zero-order valence-corrected chi connectivity index (χ0v) is 14.5. The van der Waals surface area contributed by atoms with Gasteiger partial charge in [-0.1, -0.05) is 22.0 Å². The van der Waals surface area contributed by atoms with Crippen LogP contribution in [0.2, 0.25) is 0 Å². The number of halogens is 1. The lowest BCUT2D eigenvalue weighted by Crippen LogP contribution is -2.18. The van der Waals surface area contributed by atoms with E-state index in [0.717, 1.165) is 15.4 Å². The number of hydrogen-bond acceptors (Lipinski definition) is 3. The largest absolute Gasteiger partial charge is 0.497 e. The number of nitriles is 1. The van der Waals surface area contributed by atoms with Crippen molar-refractivity contribution in [2.45, 2.75) is 6.54 Å². The van der Waals surface area contributed by atoms with Gasteiger partial charge in [-0.2, -0.15) is 5.26 Å². The van der Waals surface area contributed by atoms with Gasteiger partial charge >= 0.3 is 0 Å². The van der Waals surface area contributed by atoms with E-state index in [1.807, 2.05) is 30.3 Å². The average Bonchev–Trinajstić information content (AvgIpc) is 2.91. The van der Waals surface area contributed by atoms with Gasteiger partial charge in [-0.05, 0) is 30.3 Å². The molecule has 6 heteroatoms. The zero-order chi connectivity index (χ0) is 17.1. The maximum absolute atomic E-state index is 12.3. The second-order valence-electron chi connectivity index (χ2n) is 5.22. The van der Waals surface area contributed by atoms with Crippen molar-refractivity contribution >= 4 is 38.4 Å². The molecule has 1 aromatic heterocycles. The van der Waals surface area contributed by atoms with Gasteiger partial charge < -0.3 is 14.6 Å². The Labute approximate surface area is 147 Å². The van der Waals surface area contributed by atoms with Crippen LogP contribution in [0, 0.1) is 11.3 Å². The third-order valence-corrected chi connectivity index (χ3v) is 4.12. The Morgan fingerprint density at radius 3 is 2.92 bits per heavy atom. The molecule has 0 aliphatic carbocycles. The summed E-state index contributed by atoms with van der Waals surface area (Å²) in [6.45, 7) is 0.122. The summed E-state index contributed by atoms with van der Waals surface area (Å²) in [6.07, 6.45) is 1.70. The van der Waals surface area contributed by atoms with Crippen molar-refractivity contribution in [1.29, 1.82) is 5.26 Å². The molecule has 0 unspecified atom stereocenters. The first kappa shape index (κ1) is 16.1. The van der Waals surface area contributed by atoms with E-state index in [0.29, 0.717) is 17.0 Å². The van der Waals surface area contributed by atoms with E-state index in [2.05, 4.69) is 27.3 Å². The predicted octanol–water partition coefficient (Wildman–Crippen LogP) is 3.92. The lowest BCUT2D eigenvalue weighted by atomic mass is 10.2. The molecule has 0 aliphatic heterocycles. The number of ether oxygens (including phenoxy) is 1. The Bertz CT molecular complexity index is 957. The summed E-state index contributed by atoms with van der Waals surface area (Å²) >= 11 is 3.40. The molecule has 0 bridgehead atoms. The van der Waals surface area contributed by atoms with Gasteiger partial charge in [-0.15, -0.1) is 0 Å². The second kappa shape index (κ2) is 6.77. The molecule has 24 heavy (non-hydrogen) atoms. The van der Waals surface area contributed by atoms with Crippen LogP contribution in [0.25, 0.3) is 10.9 Å². The van der Waals surface area contributed by atoms with Crippen LogP contribution < -0.4 is 10.1 Å². The third kappa shape index (κ3) is 3.26. The molecule has 0 radical (unpaired) electrons. The summed E-state index contributed by atoms with van der Waals surface area (Å²) in [5, 5.41) is 12.9. The first-order valence-corrected chi connectivity index (χ1v) is 8.02. The number of hydrogen-bond donors (Lipinski definition) is 1. The summed E-state index contributed by atoms with van der Waals surface area (Å²) in [5.74, 6) is 0.503. The van der Waals surface area contributed by atoms with Gasteiger partial charge in [0, 0.05) is 33.3 Å². The molecule has 0 spiro atoms. The number of anilines is 1. The Morgan fingerprint density at radius 2 is 2.17 bits per heavy atom. The molecule has 5 nitrogen and oxygen atoms in total. The van der Waals surface area contributed by atoms with Crippen LogP contribution in [-0.2, 0) is 11.3 Å². The average molecular weight is 384 g/mol. The van der Waals surface area contributed by atoms with Crippen LogP contribution in [0.15, 0.2) is 53.1 Å². The van der Waals surface area contributed by atoms with Crippen LogP contribution in [0.1, 0.15) is 5.56 Å². The predicted molar refractivity (Wildman–Crippen MR) is 96.0 cm³/mol. The number of amides is 1. The van der Waals surface area contributed by atoms with Crippen LogP contribution in [-0.4, -0.2) is 17.6 Å². The standard InChI is InChI=1S/C18H14BrN3O2/c1-24-15-4-2-3-14(8-15)21-18(23)11-22-10-12(9-20)16-7-13(19)5-6-17(16)22/h2-8,10H,11H2,1H3,(H,21,23). The molecule has 3 aromatic rings. The molecule has 0 fully saturated rings. The topological polar surface area (TPSA) is 67.0 Å². The number of aromatic nitrogens is 1. The highest BCUT2D eigenvalue weighted by Crippen LogP contribution is 2.25. The van der Waals surface area contributed by atoms with Crippen LogP contribution in [0.3, 0.4) is 0 Å². The fourth-order valence-corrected chi connectivity index (χ4v) is 2.91. The second-order valence-corrected chi connectivity index (χ2v) is 6.14. The SMILES string of the molecule is COc1cccc(NC(=O)Cn2cc(C#N)c3cc(Br)ccc32)c1. The highest BCUT2D eigenvalue weighted by Gasteiger charge is 2.12. The highest BCUT2D eigenvalue weighted by atomic mass is 79.9. The lowest BCUT2D eigenvalue weighted by molar-refractivity contribution is -0.116. The van der Waals surface area contributed by atoms with E-state index in [9.17, 15) is 10.1 Å². The normalized spacial score (nSPS) is 10.4. The Morgan fingerprint density at radius 1 is 1.33 bits per heavy atom. The van der Waals surface area contributed by atoms with Crippen molar-refractivity contribution in [1.82, 2.24) is 4.57 Å². The zero-order valence-electron chi connectivity index (χ0n) is 12.9. The summed E-state index contributed by atoms with van der Waals surface area (Å²) in [6, 6.07) is 15.0. The van der Waals surface area contributed by atoms with Crippen molar-refractivity contribution in [2.24, 2.45) is 0 Å². The first-order valence-electron chi connectivity index (χ1n) is 7.23. The molecule has 1 heterocycles. The van der Waals surface area contributed by atoms with Crippen molar-refractivity contribution in [3.05, 3.63) is 58.7 Å². The van der Waals surface area contributed by atoms with Gasteiger partial charge in [0.1, 0.15) is 18.4 Å². The molecule has 3 rings (SSSR count). The Balaban J connectivity index is 1.84. The number of nitrogens with one attached hydrogen (secondary N) is 1. The smallest absolute Gasteiger partial charge is 0.244 e. The quantitative estimate of drug-likeness (QED) is 0.742. The minimum Gasteiger partial charge on any atom is -0.497 e. The van der Waals surface area contributed by atoms with E-state index < -0.39 is 0 Å². The van der Waals surface area contributed by atoms with Gasteiger partial charge in [0.2, 0.25) is 5.91 Å². The first-order chi connectivity index (χ1) is 11.6. The summed E-state index contributed by atoms with van der Waals surface area (Å²) in [5.41, 5.74) is 2.05. The van der Waals surface area contributed by atoms with E-state index in [1.165, 1.54) is 0 Å². The number of carbonyl (C=O) groups is 1. The van der Waals surface area contributed by atoms with Gasteiger partial charge in [-0.25, -0.2) is 0 Å². The molecule has 0 aliphatic rings. The molecular formula is C18H14BrN3O2. The molecule has 120 valence electrons. The molecule has 2 aromatic carbocycles. The molecule has 0 saturated carbocycles. The van der Waals surface area contributed by atoms with Crippen LogP contribution in [0.4, 0.5) is 5.69 Å². The molecule has 0 atom stereocenters. The highest BCUT2D eigenvalue weighted by molar-refractivity contribution is 9.10. The van der Waals surface area contributed by atoms with E-state index in [-0.39, 0.29) is 12.5 Å². The number of nitrogens with zero attached hydrogens (tertiary/aromatic N) is 2. The van der Waals surface area contributed by atoms with Crippen LogP contribution >= 0.6 is 15.9 Å². The summed E-state index contributed by atoms with van der Waals surface area (Å²) in [7, 11) is 1.58. The van der Waals surface area contributed by atoms with Gasteiger partial charge in [0.25, 0.3) is 0 Å². The minimum absolute atomic E-state index is 0.122. The number of rotatable bonds is 4. The van der Waals surface area contributed by atoms with E-state index >= 15 is 0 Å². The maximum Gasteiger partial charge on any atom is 0.244 e. The monoisotopic (exact) mass is 383 g/mol. The lowest BCUT2D eigenvalue weighted by Gasteiger charge is -2.08. The summed E-state index contributed by atoms with van der Waals surface area (Å²) in [4.78, 5) is 12.3. The van der Waals surface area contributed by atoms with Crippen molar-refractivity contribution in [3.8, 4) is 11.8 Å². The Kier molecular flexibility index (Phi) is 4.54. The molecular weight excluding hydrogens is 370 g/mol. The number of carbonyl (C=O) groups excluding carboxylic acids is 1. The number of fused-ring (bicyclic) bond motifs is 1. The van der Waals surface area contributed by atoms with Crippen molar-refractivity contribution in [3.63, 3.8) is 0 Å². The van der Waals surface area contributed by atoms with E-state index in [4.69, 9.17) is 4.74 Å². The third-order valence-electron chi connectivity index (χ3n) is 3.63. The van der Waals surface area contributed by atoms with Crippen molar-refractivity contribution in [2.75, 3.05) is 12.4 Å². The fraction of sp³-hybridized carbons (Fsp3) is 0.111. The Hall–Kier alpha value is -2.78. The van der Waals surface area contributed by atoms with Gasteiger partial charge in [0.05, 0.1) is 12.7 Å². The molecule has 1 amide bonds. The van der Waals surface area contributed by atoms with Gasteiger partial charge in [-0.3, -0.25) is 4.79 Å². The summed E-state index contributed by atoms with van der Waals surface area (Å²) < 4.78 is 7.81. The van der Waals surface area contributed by atoms with Crippen LogP contribution in [0.5, 0.6) is 5.75 Å². The van der Waals surface area contributed by atoms with Crippen molar-refractivity contribution < 1.29 is 9.53 Å². The molecule has 0 saturated heterocycles.